The second-order valence-corrected chi connectivity index (χ2v) is 13.5. The minimum absolute atomic E-state index is 0.484. The van der Waals surface area contributed by atoms with E-state index in [1.807, 2.05) is 30.3 Å². The molecule has 6 heteroatoms. The van der Waals surface area contributed by atoms with Gasteiger partial charge in [-0.2, -0.15) is 0 Å². The molecular formula is C48H29N5O. The number of nitrogens with zero attached hydrogens (tertiary/aromatic N) is 5. The van der Waals surface area contributed by atoms with Crippen LogP contribution >= 0.6 is 0 Å². The van der Waals surface area contributed by atoms with Crippen molar-refractivity contribution in [3.63, 3.8) is 0 Å². The maximum Gasteiger partial charge on any atom is 0.183 e. The molecule has 7 aromatic carbocycles. The first-order chi connectivity index (χ1) is 26.7. The van der Waals surface area contributed by atoms with E-state index >= 15 is 0 Å². The molecule has 0 amide bonds. The summed E-state index contributed by atoms with van der Waals surface area (Å²) < 4.78 is 8.54. The minimum Gasteiger partial charge on any atom is -0.456 e. The lowest BCUT2D eigenvalue weighted by Crippen LogP contribution is -2.02. The summed E-state index contributed by atoms with van der Waals surface area (Å²) in [6.45, 7) is 0. The van der Waals surface area contributed by atoms with Gasteiger partial charge in [0.25, 0.3) is 0 Å². The lowest BCUT2D eigenvalue weighted by molar-refractivity contribution is 0.668. The van der Waals surface area contributed by atoms with Gasteiger partial charge in [-0.05, 0) is 82.6 Å². The number of fused-ring (bicyclic) bond motifs is 7. The molecule has 0 aliphatic heterocycles. The Morgan fingerprint density at radius 2 is 0.981 bits per heavy atom. The van der Waals surface area contributed by atoms with Gasteiger partial charge in [-0.25, -0.2) is 15.0 Å². The molecule has 0 spiro atoms. The van der Waals surface area contributed by atoms with Crippen LogP contribution in [0.5, 0.6) is 0 Å². The van der Waals surface area contributed by atoms with Crippen molar-refractivity contribution in [1.82, 2.24) is 24.5 Å². The van der Waals surface area contributed by atoms with E-state index < -0.39 is 0 Å². The van der Waals surface area contributed by atoms with Crippen molar-refractivity contribution in [2.75, 3.05) is 0 Å². The van der Waals surface area contributed by atoms with Gasteiger partial charge in [-0.15, -0.1) is 0 Å². The summed E-state index contributed by atoms with van der Waals surface area (Å²) in [5.74, 6) is 1.62. The fourth-order valence-electron chi connectivity index (χ4n) is 7.73. The molecule has 252 valence electrons. The first-order valence-electron chi connectivity index (χ1n) is 18.0. The van der Waals surface area contributed by atoms with Crippen LogP contribution < -0.4 is 0 Å². The van der Waals surface area contributed by atoms with Crippen LogP contribution in [0, 0.1) is 0 Å². The highest BCUT2D eigenvalue weighted by molar-refractivity contribution is 6.11. The fraction of sp³-hybridized carbons (Fsp3) is 0. The Morgan fingerprint density at radius 1 is 0.407 bits per heavy atom. The average Bonchev–Trinajstić information content (AvgIpc) is 3.80. The molecule has 0 atom stereocenters. The molecule has 0 saturated heterocycles. The molecule has 0 saturated carbocycles. The summed E-state index contributed by atoms with van der Waals surface area (Å²) in [4.78, 5) is 20.2. The van der Waals surface area contributed by atoms with Crippen LogP contribution in [0.25, 0.3) is 106 Å². The van der Waals surface area contributed by atoms with Gasteiger partial charge in [0, 0.05) is 39.2 Å². The Hall–Kier alpha value is -7.44. The van der Waals surface area contributed by atoms with E-state index in [9.17, 15) is 0 Å². The Kier molecular flexibility index (Phi) is 6.75. The van der Waals surface area contributed by atoms with E-state index in [-0.39, 0.29) is 0 Å². The normalized spacial score (nSPS) is 11.7. The van der Waals surface area contributed by atoms with Crippen LogP contribution in [-0.2, 0) is 0 Å². The molecule has 4 aromatic heterocycles. The van der Waals surface area contributed by atoms with Gasteiger partial charge in [-0.3, -0.25) is 4.98 Å². The summed E-state index contributed by atoms with van der Waals surface area (Å²) in [7, 11) is 0. The largest absolute Gasteiger partial charge is 0.456 e. The first kappa shape index (κ1) is 30.2. The van der Waals surface area contributed by atoms with Crippen molar-refractivity contribution in [1.29, 1.82) is 0 Å². The molecule has 0 aliphatic carbocycles. The third-order valence-electron chi connectivity index (χ3n) is 10.3. The van der Waals surface area contributed by atoms with Crippen LogP contribution in [-0.4, -0.2) is 24.5 Å². The molecule has 4 heterocycles. The molecule has 6 nitrogen and oxygen atoms in total. The van der Waals surface area contributed by atoms with Crippen molar-refractivity contribution in [2.24, 2.45) is 0 Å². The average molecular weight is 692 g/mol. The van der Waals surface area contributed by atoms with Gasteiger partial charge < -0.3 is 8.98 Å². The Morgan fingerprint density at radius 3 is 1.72 bits per heavy atom. The number of benzene rings is 7. The van der Waals surface area contributed by atoms with Crippen LogP contribution in [0.15, 0.2) is 180 Å². The van der Waals surface area contributed by atoms with E-state index in [1.165, 1.54) is 21.9 Å². The predicted octanol–water partition coefficient (Wildman–Crippen LogP) is 12.1. The third-order valence-corrected chi connectivity index (χ3v) is 10.3. The van der Waals surface area contributed by atoms with Crippen LogP contribution in [0.4, 0.5) is 0 Å². The van der Waals surface area contributed by atoms with Crippen LogP contribution in [0.3, 0.4) is 0 Å². The topological polar surface area (TPSA) is 69.6 Å². The van der Waals surface area contributed by atoms with Crippen LogP contribution in [0.1, 0.15) is 0 Å². The van der Waals surface area contributed by atoms with E-state index in [2.05, 4.69) is 144 Å². The smallest absolute Gasteiger partial charge is 0.183 e. The SMILES string of the molecule is c1ccc(-c2ccc3cc(-c4nc(-c5ccc(-n6c7ccccc7c7ccccc76)cc5)nc(-c5nccc6oc7ccccc7c56)n4)ccc3c2)cc1. The molecule has 0 bridgehead atoms. The second-order valence-electron chi connectivity index (χ2n) is 13.5. The lowest BCUT2D eigenvalue weighted by Gasteiger charge is -2.11. The first-order valence-corrected chi connectivity index (χ1v) is 18.0. The van der Waals surface area contributed by atoms with Gasteiger partial charge in [0.1, 0.15) is 16.9 Å². The standard InChI is InChI=1S/C48H29N5O/c1-2-10-30(11-3-1)32-18-19-34-29-35(21-20-33(34)28-32)47-50-46(51-48(52-47)45-44-39-14-6-9-17-42(39)54-43(44)26-27-49-45)31-22-24-36(25-23-31)53-40-15-7-4-12-37(40)38-13-5-8-16-41(38)53/h1-29H. The minimum atomic E-state index is 0.484. The molecule has 0 unspecified atom stereocenters. The Balaban J connectivity index is 1.07. The highest BCUT2D eigenvalue weighted by atomic mass is 16.3. The molecule has 11 aromatic rings. The van der Waals surface area contributed by atoms with Gasteiger partial charge in [-0.1, -0.05) is 109 Å². The number of hydrogen-bond donors (Lipinski definition) is 0. The third kappa shape index (κ3) is 4.89. The van der Waals surface area contributed by atoms with Crippen molar-refractivity contribution >= 4 is 54.5 Å². The zero-order chi connectivity index (χ0) is 35.6. The second kappa shape index (κ2) is 12.1. The van der Waals surface area contributed by atoms with Crippen molar-refractivity contribution in [3.8, 4) is 51.1 Å². The Bertz CT molecular complexity index is 3160. The summed E-state index contributed by atoms with van der Waals surface area (Å²) in [6.07, 6.45) is 1.75. The number of rotatable bonds is 5. The molecule has 0 fully saturated rings. The molecule has 0 aliphatic rings. The van der Waals surface area contributed by atoms with Crippen molar-refractivity contribution in [3.05, 3.63) is 176 Å². The summed E-state index contributed by atoms with van der Waals surface area (Å²) in [6, 6.07) is 58.8. The van der Waals surface area contributed by atoms with Gasteiger partial charge in [0.2, 0.25) is 0 Å². The summed E-state index contributed by atoms with van der Waals surface area (Å²) >= 11 is 0. The monoisotopic (exact) mass is 691 g/mol. The van der Waals surface area contributed by atoms with Gasteiger partial charge in [0.15, 0.2) is 17.5 Å². The van der Waals surface area contributed by atoms with E-state index in [0.29, 0.717) is 23.2 Å². The van der Waals surface area contributed by atoms with Gasteiger partial charge in [0.05, 0.1) is 16.4 Å². The predicted molar refractivity (Wildman–Crippen MR) is 218 cm³/mol. The molecular weight excluding hydrogens is 663 g/mol. The lowest BCUT2D eigenvalue weighted by atomic mass is 10.00. The van der Waals surface area contributed by atoms with E-state index in [0.717, 1.165) is 60.6 Å². The number of pyridine rings is 1. The zero-order valence-electron chi connectivity index (χ0n) is 28.9. The molecule has 0 N–H and O–H groups in total. The van der Waals surface area contributed by atoms with Crippen LogP contribution in [0.2, 0.25) is 0 Å². The quantitative estimate of drug-likeness (QED) is 0.180. The summed E-state index contributed by atoms with van der Waals surface area (Å²) in [5, 5.41) is 6.55. The molecule has 11 rings (SSSR count). The zero-order valence-corrected chi connectivity index (χ0v) is 28.9. The maximum absolute atomic E-state index is 6.23. The highest BCUT2D eigenvalue weighted by Gasteiger charge is 2.20. The number of furan rings is 1. The maximum atomic E-state index is 6.23. The number of para-hydroxylation sites is 3. The molecule has 54 heavy (non-hydrogen) atoms. The summed E-state index contributed by atoms with van der Waals surface area (Å²) in [5.41, 5.74) is 9.70. The van der Waals surface area contributed by atoms with E-state index in [1.54, 1.807) is 6.20 Å². The number of aromatic nitrogens is 5. The van der Waals surface area contributed by atoms with Crippen molar-refractivity contribution in [2.45, 2.75) is 0 Å². The highest BCUT2D eigenvalue weighted by Crippen LogP contribution is 2.37. The van der Waals surface area contributed by atoms with Gasteiger partial charge >= 0.3 is 0 Å². The molecule has 0 radical (unpaired) electrons. The van der Waals surface area contributed by atoms with Crippen molar-refractivity contribution < 1.29 is 4.42 Å². The fourth-order valence-corrected chi connectivity index (χ4v) is 7.73. The van der Waals surface area contributed by atoms with E-state index in [4.69, 9.17) is 24.4 Å². The Labute approximate surface area is 309 Å². The number of hydrogen-bond acceptors (Lipinski definition) is 5.